The summed E-state index contributed by atoms with van der Waals surface area (Å²) in [5, 5.41) is 0. The maximum atomic E-state index is 13.3. The minimum absolute atomic E-state index is 0.0566. The lowest BCUT2D eigenvalue weighted by Crippen LogP contribution is -2.30. The number of nitrogens with zero attached hydrogens (tertiary/aromatic N) is 4. The van der Waals surface area contributed by atoms with Gasteiger partial charge in [-0.2, -0.15) is 0 Å². The maximum absolute atomic E-state index is 13.3. The molecule has 3 aliphatic heterocycles. The average molecular weight is 415 g/mol. The van der Waals surface area contributed by atoms with Crippen LogP contribution in [0.2, 0.25) is 0 Å². The molecule has 1 unspecified atom stereocenters. The second-order valence-corrected chi connectivity index (χ2v) is 8.50. The average Bonchev–Trinajstić information content (AvgIpc) is 3.14. The van der Waals surface area contributed by atoms with Crippen LogP contribution in [-0.2, 0) is 4.79 Å². The van der Waals surface area contributed by atoms with Gasteiger partial charge in [-0.15, -0.1) is 0 Å². The van der Waals surface area contributed by atoms with Crippen LogP contribution in [0.3, 0.4) is 0 Å². The number of aromatic nitrogens is 1. The number of fused-ring (bicyclic) bond motifs is 2. The number of benzene rings is 1. The van der Waals surface area contributed by atoms with Gasteiger partial charge in [0, 0.05) is 32.3 Å². The fourth-order valence-electron chi connectivity index (χ4n) is 4.30. The summed E-state index contributed by atoms with van der Waals surface area (Å²) in [4.78, 5) is 26.3. The first-order valence-electron chi connectivity index (χ1n) is 10.7. The number of allylic oxidation sites excluding steroid dienone is 4. The summed E-state index contributed by atoms with van der Waals surface area (Å²) in [7, 11) is 2.11. The molecule has 0 bridgehead atoms. The highest BCUT2D eigenvalue weighted by atomic mass is 16.3. The fraction of sp³-hybridized carbons (Fsp3) is 0.320. The van der Waals surface area contributed by atoms with Crippen molar-refractivity contribution in [3.05, 3.63) is 71.0 Å². The lowest BCUT2D eigenvalue weighted by molar-refractivity contribution is -0.121. The predicted molar refractivity (Wildman–Crippen MR) is 122 cm³/mol. The molecule has 0 N–H and O–H groups in total. The van der Waals surface area contributed by atoms with E-state index in [1.807, 2.05) is 37.5 Å². The van der Waals surface area contributed by atoms with Gasteiger partial charge in [0.25, 0.3) is 5.91 Å². The molecule has 3 aliphatic rings. The zero-order chi connectivity index (χ0) is 21.5. The van der Waals surface area contributed by atoms with Gasteiger partial charge in [-0.1, -0.05) is 25.1 Å². The van der Waals surface area contributed by atoms with Crippen molar-refractivity contribution in [1.29, 1.82) is 0 Å². The van der Waals surface area contributed by atoms with Crippen LogP contribution in [0.5, 0.6) is 0 Å². The number of oxazole rings is 1. The van der Waals surface area contributed by atoms with Gasteiger partial charge in [0.15, 0.2) is 11.5 Å². The zero-order valence-corrected chi connectivity index (χ0v) is 18.1. The second-order valence-electron chi connectivity index (χ2n) is 8.50. The molecule has 0 spiro atoms. The summed E-state index contributed by atoms with van der Waals surface area (Å²) < 4.78 is 5.71. The zero-order valence-electron chi connectivity index (χ0n) is 18.1. The molecule has 5 rings (SSSR count). The lowest BCUT2D eigenvalue weighted by atomic mass is 9.89. The Labute approximate surface area is 181 Å². The third kappa shape index (κ3) is 3.79. The van der Waals surface area contributed by atoms with Crippen molar-refractivity contribution in [2.75, 3.05) is 20.1 Å². The number of likely N-dealkylation sites (N-methyl/N-ethyl adjacent to an activating group) is 1. The monoisotopic (exact) mass is 414 g/mol. The molecule has 0 aliphatic carbocycles. The molecule has 1 atom stereocenters. The topological polar surface area (TPSA) is 61.9 Å². The number of hydrogen-bond acceptors (Lipinski definition) is 5. The smallest absolute Gasteiger partial charge is 0.255 e. The Morgan fingerprint density at radius 1 is 1.23 bits per heavy atom. The van der Waals surface area contributed by atoms with Gasteiger partial charge < -0.3 is 9.32 Å². The van der Waals surface area contributed by atoms with Gasteiger partial charge in [0.1, 0.15) is 5.52 Å². The number of aryl methyl sites for hydroxylation is 1. The van der Waals surface area contributed by atoms with Gasteiger partial charge in [0.05, 0.1) is 17.6 Å². The van der Waals surface area contributed by atoms with Crippen molar-refractivity contribution >= 4 is 28.8 Å². The van der Waals surface area contributed by atoms with Crippen molar-refractivity contribution in [1.82, 2.24) is 14.8 Å². The number of hydrogen-bond donors (Lipinski definition) is 0. The maximum Gasteiger partial charge on any atom is 0.255 e. The Kier molecular flexibility index (Phi) is 4.94. The fourth-order valence-corrected chi connectivity index (χ4v) is 4.30. The lowest BCUT2D eigenvalue weighted by Gasteiger charge is -2.28. The molecular formula is C25H26N4O2. The minimum Gasteiger partial charge on any atom is -0.441 e. The molecule has 31 heavy (non-hydrogen) atoms. The molecule has 6 heteroatoms. The Bertz CT molecular complexity index is 1210. The number of carbonyl (C=O) groups excluding carboxylic acids is 1. The quantitative estimate of drug-likeness (QED) is 0.728. The molecule has 0 radical (unpaired) electrons. The summed E-state index contributed by atoms with van der Waals surface area (Å²) >= 11 is 0. The van der Waals surface area contributed by atoms with E-state index in [0.717, 1.165) is 59.6 Å². The Morgan fingerprint density at radius 3 is 2.90 bits per heavy atom. The van der Waals surface area contributed by atoms with Crippen molar-refractivity contribution in [2.45, 2.75) is 26.7 Å². The molecular weight excluding hydrogens is 388 g/mol. The molecule has 0 saturated carbocycles. The van der Waals surface area contributed by atoms with Crippen LogP contribution < -0.4 is 0 Å². The van der Waals surface area contributed by atoms with Gasteiger partial charge in [-0.25, -0.2) is 4.98 Å². The molecule has 6 nitrogen and oxygen atoms in total. The Morgan fingerprint density at radius 2 is 2.10 bits per heavy atom. The first-order chi connectivity index (χ1) is 15.0. The van der Waals surface area contributed by atoms with Crippen LogP contribution in [0.1, 0.15) is 31.2 Å². The standard InChI is InChI=1S/C25H26N4O2/c1-16-4-6-20-14-26-23(18-8-10-28(3)11-9-18)15-29(20)25(30)13-21(16)19-5-7-22-24(12-19)31-17(2)27-22/h5-8,12-16H,4,9-11H2,1-3H3. The molecule has 2 aromatic rings. The van der Waals surface area contributed by atoms with Crippen molar-refractivity contribution in [2.24, 2.45) is 10.9 Å². The molecule has 4 heterocycles. The summed E-state index contributed by atoms with van der Waals surface area (Å²) in [6.45, 7) is 5.89. The molecule has 1 aromatic carbocycles. The Hall–Kier alpha value is -3.25. The van der Waals surface area contributed by atoms with Crippen LogP contribution in [0, 0.1) is 12.8 Å². The third-order valence-corrected chi connectivity index (χ3v) is 6.16. The third-order valence-electron chi connectivity index (χ3n) is 6.16. The highest BCUT2D eigenvalue weighted by Gasteiger charge is 2.25. The van der Waals surface area contributed by atoms with E-state index in [2.05, 4.69) is 41.0 Å². The van der Waals surface area contributed by atoms with E-state index >= 15 is 0 Å². The molecule has 158 valence electrons. The molecule has 1 aromatic heterocycles. The van der Waals surface area contributed by atoms with E-state index in [-0.39, 0.29) is 11.8 Å². The van der Waals surface area contributed by atoms with E-state index in [0.29, 0.717) is 5.89 Å². The number of rotatable bonds is 2. The first kappa shape index (κ1) is 19.7. The minimum atomic E-state index is -0.0566. The van der Waals surface area contributed by atoms with Gasteiger partial charge in [0.2, 0.25) is 0 Å². The van der Waals surface area contributed by atoms with Crippen LogP contribution in [0.25, 0.3) is 16.7 Å². The largest absolute Gasteiger partial charge is 0.441 e. The highest BCUT2D eigenvalue weighted by molar-refractivity contribution is 6.02. The van der Waals surface area contributed by atoms with E-state index < -0.39 is 0 Å². The SMILES string of the molecule is Cc1nc2ccc(C3=CC(=O)N4C=C(C5=CCN(C)CC5)N=CC4=CCC3C)cc2o1. The van der Waals surface area contributed by atoms with E-state index in [9.17, 15) is 4.79 Å². The van der Waals surface area contributed by atoms with Crippen LogP contribution in [0.4, 0.5) is 0 Å². The summed E-state index contributed by atoms with van der Waals surface area (Å²) in [5.74, 6) is 0.776. The van der Waals surface area contributed by atoms with Crippen molar-refractivity contribution in [3.63, 3.8) is 0 Å². The number of aliphatic imine (C=N–C) groups is 1. The van der Waals surface area contributed by atoms with E-state index in [1.54, 1.807) is 11.0 Å². The number of carbonyl (C=O) groups is 1. The second kappa shape index (κ2) is 7.78. The van der Waals surface area contributed by atoms with Crippen molar-refractivity contribution < 1.29 is 9.21 Å². The van der Waals surface area contributed by atoms with Crippen molar-refractivity contribution in [3.8, 4) is 0 Å². The van der Waals surface area contributed by atoms with Gasteiger partial charge >= 0.3 is 0 Å². The summed E-state index contributed by atoms with van der Waals surface area (Å²) in [5.41, 5.74) is 6.50. The summed E-state index contributed by atoms with van der Waals surface area (Å²) in [6, 6.07) is 5.96. The first-order valence-corrected chi connectivity index (χ1v) is 10.7. The normalized spacial score (nSPS) is 22.4. The summed E-state index contributed by atoms with van der Waals surface area (Å²) in [6.07, 6.45) is 11.5. The highest BCUT2D eigenvalue weighted by Crippen LogP contribution is 2.33. The Balaban J connectivity index is 1.49. The van der Waals surface area contributed by atoms with Crippen LogP contribution >= 0.6 is 0 Å². The van der Waals surface area contributed by atoms with Gasteiger partial charge in [-0.05, 0) is 54.6 Å². The molecule has 0 fully saturated rings. The van der Waals surface area contributed by atoms with Crippen LogP contribution in [-0.4, -0.2) is 47.0 Å². The van der Waals surface area contributed by atoms with Gasteiger partial charge in [-0.3, -0.25) is 14.7 Å². The van der Waals surface area contributed by atoms with E-state index in [1.165, 1.54) is 5.57 Å². The molecule has 0 saturated heterocycles. The van der Waals surface area contributed by atoms with Crippen LogP contribution in [0.15, 0.2) is 69.0 Å². The van der Waals surface area contributed by atoms with E-state index in [4.69, 9.17) is 4.42 Å². The predicted octanol–water partition coefficient (Wildman–Crippen LogP) is 4.46. The molecule has 1 amide bonds. The number of amides is 1.